The van der Waals surface area contributed by atoms with Crippen molar-refractivity contribution in [1.82, 2.24) is 16.1 Å². The van der Waals surface area contributed by atoms with E-state index in [1.165, 1.54) is 13.1 Å². The number of rotatable bonds is 2. The van der Waals surface area contributed by atoms with Gasteiger partial charge in [-0.25, -0.2) is 4.79 Å². The lowest BCUT2D eigenvalue weighted by Crippen LogP contribution is -2.46. The van der Waals surface area contributed by atoms with E-state index in [0.717, 1.165) is 0 Å². The lowest BCUT2D eigenvalue weighted by molar-refractivity contribution is -0.121. The molecule has 76 valence electrons. The van der Waals surface area contributed by atoms with E-state index in [1.54, 1.807) is 0 Å². The van der Waals surface area contributed by atoms with Crippen molar-refractivity contribution in [3.63, 3.8) is 0 Å². The van der Waals surface area contributed by atoms with Gasteiger partial charge in [0.05, 0.1) is 6.21 Å². The monoisotopic (exact) mass is 215 g/mol. The molecule has 1 unspecified atom stereocenters. The molecule has 0 saturated carbocycles. The summed E-state index contributed by atoms with van der Waals surface area (Å²) in [5.74, 6) is -0.476. The molecule has 0 bridgehead atoms. The minimum absolute atomic E-state index is 0.0189. The summed E-state index contributed by atoms with van der Waals surface area (Å²) in [5.41, 5.74) is 6.22. The molecule has 0 aromatic heterocycles. The Morgan fingerprint density at radius 2 is 2.36 bits per heavy atom. The first-order valence-electron chi connectivity index (χ1n) is 3.67. The summed E-state index contributed by atoms with van der Waals surface area (Å²) in [4.78, 5) is 22.0. The number of hydrazone groups is 1. The molecular weight excluding hydrogens is 206 g/mol. The molecule has 1 aliphatic rings. The molecule has 14 heavy (non-hydrogen) atoms. The minimum atomic E-state index is -1.16. The Morgan fingerprint density at radius 3 is 2.79 bits per heavy atom. The van der Waals surface area contributed by atoms with Gasteiger partial charge in [0.25, 0.3) is 5.91 Å². The van der Waals surface area contributed by atoms with Crippen molar-refractivity contribution in [1.29, 1.82) is 0 Å². The Kier molecular flexibility index (Phi) is 2.65. The SMILES string of the molecule is CC1(C=NNC(N)=S)NC(=O)NC1=O. The number of nitrogens with one attached hydrogen (secondary N) is 3. The fourth-order valence-electron chi connectivity index (χ4n) is 0.873. The van der Waals surface area contributed by atoms with Crippen molar-refractivity contribution in [2.75, 3.05) is 0 Å². The molecule has 0 aliphatic carbocycles. The summed E-state index contributed by atoms with van der Waals surface area (Å²) in [6.07, 6.45) is 1.21. The number of urea groups is 1. The normalized spacial score (nSPS) is 26.1. The summed E-state index contributed by atoms with van der Waals surface area (Å²) < 4.78 is 0. The first-order valence-corrected chi connectivity index (χ1v) is 4.08. The topological polar surface area (TPSA) is 109 Å². The van der Waals surface area contributed by atoms with Gasteiger partial charge in [0.2, 0.25) is 0 Å². The number of nitrogens with zero attached hydrogens (tertiary/aromatic N) is 1. The van der Waals surface area contributed by atoms with Gasteiger partial charge in [-0.15, -0.1) is 0 Å². The molecule has 3 amide bonds. The van der Waals surface area contributed by atoms with E-state index in [0.29, 0.717) is 0 Å². The molecule has 1 heterocycles. The molecule has 0 aromatic carbocycles. The van der Waals surface area contributed by atoms with E-state index in [1.807, 2.05) is 0 Å². The zero-order valence-electron chi connectivity index (χ0n) is 7.33. The lowest BCUT2D eigenvalue weighted by atomic mass is 10.1. The van der Waals surface area contributed by atoms with E-state index < -0.39 is 17.5 Å². The van der Waals surface area contributed by atoms with Crippen molar-refractivity contribution in [3.05, 3.63) is 0 Å². The lowest BCUT2D eigenvalue weighted by Gasteiger charge is -2.13. The highest BCUT2D eigenvalue weighted by atomic mass is 32.1. The molecule has 1 saturated heterocycles. The summed E-state index contributed by atoms with van der Waals surface area (Å²) in [6.45, 7) is 1.50. The van der Waals surface area contributed by atoms with Gasteiger partial charge in [-0.1, -0.05) is 0 Å². The first-order chi connectivity index (χ1) is 6.44. The van der Waals surface area contributed by atoms with Crippen LogP contribution < -0.4 is 21.8 Å². The van der Waals surface area contributed by atoms with Crippen LogP contribution in [0.1, 0.15) is 6.92 Å². The van der Waals surface area contributed by atoms with E-state index in [4.69, 9.17) is 5.73 Å². The highest BCUT2D eigenvalue weighted by Gasteiger charge is 2.40. The fourth-order valence-corrected chi connectivity index (χ4v) is 0.925. The van der Waals surface area contributed by atoms with Crippen molar-refractivity contribution >= 4 is 35.5 Å². The minimum Gasteiger partial charge on any atom is -0.375 e. The highest BCUT2D eigenvalue weighted by molar-refractivity contribution is 7.80. The Morgan fingerprint density at radius 1 is 1.71 bits per heavy atom. The van der Waals surface area contributed by atoms with Crippen LogP contribution in [0.2, 0.25) is 0 Å². The predicted octanol–water partition coefficient (Wildman–Crippen LogP) is -1.60. The molecule has 0 aromatic rings. The highest BCUT2D eigenvalue weighted by Crippen LogP contribution is 2.05. The van der Waals surface area contributed by atoms with Crippen LogP contribution in [0.25, 0.3) is 0 Å². The summed E-state index contributed by atoms with van der Waals surface area (Å²) in [6, 6.07) is -0.556. The standard InChI is InChI=1S/C6H9N5O2S/c1-6(2-8-11-4(7)14)3(12)9-5(13)10-6/h2H,1H3,(H3,7,11,14)(H2,9,10,12,13). The third kappa shape index (κ3) is 2.16. The third-order valence-corrected chi connectivity index (χ3v) is 1.66. The van der Waals surface area contributed by atoms with E-state index in [2.05, 4.69) is 33.4 Å². The molecule has 1 aliphatic heterocycles. The van der Waals surface area contributed by atoms with Gasteiger partial charge >= 0.3 is 6.03 Å². The van der Waals surface area contributed by atoms with Crippen molar-refractivity contribution in [2.24, 2.45) is 10.8 Å². The quantitative estimate of drug-likeness (QED) is 0.192. The fraction of sp³-hybridized carbons (Fsp3) is 0.333. The van der Waals surface area contributed by atoms with Gasteiger partial charge in [0.1, 0.15) is 0 Å². The number of thiocarbonyl (C=S) groups is 1. The van der Waals surface area contributed by atoms with Crippen LogP contribution in [0, 0.1) is 0 Å². The zero-order valence-corrected chi connectivity index (χ0v) is 8.14. The number of amides is 3. The van der Waals surface area contributed by atoms with Crippen LogP contribution in [0.4, 0.5) is 4.79 Å². The van der Waals surface area contributed by atoms with Gasteiger partial charge < -0.3 is 11.1 Å². The third-order valence-electron chi connectivity index (χ3n) is 1.57. The maximum atomic E-state index is 11.2. The van der Waals surface area contributed by atoms with Gasteiger partial charge in [0.15, 0.2) is 10.7 Å². The van der Waals surface area contributed by atoms with E-state index >= 15 is 0 Å². The van der Waals surface area contributed by atoms with Crippen molar-refractivity contribution in [3.8, 4) is 0 Å². The molecule has 8 heteroatoms. The molecule has 1 fully saturated rings. The maximum Gasteiger partial charge on any atom is 0.322 e. The summed E-state index contributed by atoms with van der Waals surface area (Å²) >= 11 is 4.49. The Bertz CT molecular complexity index is 328. The van der Waals surface area contributed by atoms with Crippen LogP contribution >= 0.6 is 12.2 Å². The maximum absolute atomic E-state index is 11.2. The van der Waals surface area contributed by atoms with Gasteiger partial charge in [-0.05, 0) is 19.1 Å². The Balaban J connectivity index is 2.67. The number of hydrogen-bond acceptors (Lipinski definition) is 4. The second-order valence-electron chi connectivity index (χ2n) is 2.84. The Labute approximate surface area is 85.1 Å². The summed E-state index contributed by atoms with van der Waals surface area (Å²) in [5, 5.41) is 8.03. The largest absolute Gasteiger partial charge is 0.375 e. The zero-order chi connectivity index (χ0) is 10.8. The van der Waals surface area contributed by atoms with Crippen molar-refractivity contribution in [2.45, 2.75) is 12.5 Å². The van der Waals surface area contributed by atoms with Gasteiger partial charge in [-0.2, -0.15) is 5.10 Å². The van der Waals surface area contributed by atoms with Crippen LogP contribution in [-0.4, -0.2) is 28.8 Å². The molecule has 5 N–H and O–H groups in total. The molecule has 0 spiro atoms. The van der Waals surface area contributed by atoms with Gasteiger partial charge in [0, 0.05) is 0 Å². The van der Waals surface area contributed by atoms with Crippen LogP contribution in [0.5, 0.6) is 0 Å². The molecular formula is C6H9N5O2S. The average molecular weight is 215 g/mol. The van der Waals surface area contributed by atoms with Crippen LogP contribution in [0.3, 0.4) is 0 Å². The number of imide groups is 1. The van der Waals surface area contributed by atoms with E-state index in [-0.39, 0.29) is 5.11 Å². The number of hydrogen-bond donors (Lipinski definition) is 4. The van der Waals surface area contributed by atoms with E-state index in [9.17, 15) is 9.59 Å². The predicted molar refractivity (Wildman–Crippen MR) is 53.5 cm³/mol. The van der Waals surface area contributed by atoms with Crippen molar-refractivity contribution < 1.29 is 9.59 Å². The summed E-state index contributed by atoms with van der Waals surface area (Å²) in [7, 11) is 0. The average Bonchev–Trinajstić information content (AvgIpc) is 2.25. The second-order valence-corrected chi connectivity index (χ2v) is 3.28. The molecule has 1 atom stereocenters. The Hall–Kier alpha value is -1.70. The number of carbonyl (C=O) groups excluding carboxylic acids is 2. The van der Waals surface area contributed by atoms with Gasteiger partial charge in [-0.3, -0.25) is 15.5 Å². The number of carbonyl (C=O) groups is 2. The second kappa shape index (κ2) is 3.58. The number of nitrogens with two attached hydrogens (primary N) is 1. The van der Waals surface area contributed by atoms with Crippen LogP contribution in [-0.2, 0) is 4.79 Å². The van der Waals surface area contributed by atoms with Crippen LogP contribution in [0.15, 0.2) is 5.10 Å². The first kappa shape index (κ1) is 10.4. The smallest absolute Gasteiger partial charge is 0.322 e. The molecule has 7 nitrogen and oxygen atoms in total. The molecule has 1 rings (SSSR count). The molecule has 0 radical (unpaired) electrons.